The molecule has 5 nitrogen and oxygen atoms in total. The quantitative estimate of drug-likeness (QED) is 0.783. The van der Waals surface area contributed by atoms with Gasteiger partial charge in [0.2, 0.25) is 0 Å². The second kappa shape index (κ2) is 6.57. The van der Waals surface area contributed by atoms with Gasteiger partial charge in [-0.3, -0.25) is 0 Å². The van der Waals surface area contributed by atoms with E-state index in [4.69, 9.17) is 4.74 Å². The van der Waals surface area contributed by atoms with Crippen LogP contribution in [0.25, 0.3) is 0 Å². The van der Waals surface area contributed by atoms with Gasteiger partial charge in [0.15, 0.2) is 0 Å². The first-order chi connectivity index (χ1) is 12.1. The number of urea groups is 1. The summed E-state index contributed by atoms with van der Waals surface area (Å²) in [5.41, 5.74) is 0.704. The Balaban J connectivity index is 1.32. The average Bonchev–Trinajstić information content (AvgIpc) is 3.26. The largest absolute Gasteiger partial charge is 0.387 e. The number of aliphatic hydroxyl groups excluding tert-OH is 1. The molecule has 1 heterocycles. The number of hydrogen-bond donors (Lipinski definition) is 3. The lowest BCUT2D eigenvalue weighted by Crippen LogP contribution is -2.69. The van der Waals surface area contributed by atoms with Crippen LogP contribution in [0.3, 0.4) is 0 Å². The van der Waals surface area contributed by atoms with E-state index >= 15 is 0 Å². The van der Waals surface area contributed by atoms with Crippen molar-refractivity contribution in [2.24, 2.45) is 11.3 Å². The molecule has 6 heteroatoms. The monoisotopic (exact) mass is 348 g/mol. The summed E-state index contributed by atoms with van der Waals surface area (Å²) in [7, 11) is 0. The van der Waals surface area contributed by atoms with Gasteiger partial charge in [-0.25, -0.2) is 9.18 Å². The second-order valence-corrected chi connectivity index (χ2v) is 7.58. The molecule has 2 amide bonds. The molecule has 3 aliphatic rings. The lowest BCUT2D eigenvalue weighted by molar-refractivity contribution is -0.126. The summed E-state index contributed by atoms with van der Waals surface area (Å²) < 4.78 is 18.9. The maximum absolute atomic E-state index is 12.9. The summed E-state index contributed by atoms with van der Waals surface area (Å²) in [4.78, 5) is 12.3. The first-order valence-corrected chi connectivity index (χ1v) is 9.20. The first-order valence-electron chi connectivity index (χ1n) is 9.20. The third-order valence-electron chi connectivity index (χ3n) is 6.28. The SMILES string of the molecule is O=C(NCC(O)c1ccc(F)cc1)NC1C2CCOC2C12CCCC2. The number of halogens is 1. The number of amides is 2. The van der Waals surface area contributed by atoms with Gasteiger partial charge in [-0.2, -0.15) is 0 Å². The highest BCUT2D eigenvalue weighted by atomic mass is 19.1. The van der Waals surface area contributed by atoms with Crippen molar-refractivity contribution in [3.05, 3.63) is 35.6 Å². The molecule has 4 rings (SSSR count). The minimum atomic E-state index is -0.851. The Bertz CT molecular complexity index is 630. The second-order valence-electron chi connectivity index (χ2n) is 7.58. The highest BCUT2D eigenvalue weighted by molar-refractivity contribution is 5.74. The van der Waals surface area contributed by atoms with Crippen LogP contribution in [0.1, 0.15) is 43.8 Å². The molecule has 2 aliphatic carbocycles. The minimum absolute atomic E-state index is 0.0990. The van der Waals surface area contributed by atoms with Crippen LogP contribution in [-0.4, -0.2) is 36.4 Å². The normalized spacial score (nSPS) is 30.6. The van der Waals surface area contributed by atoms with Crippen molar-refractivity contribution < 1.29 is 19.0 Å². The van der Waals surface area contributed by atoms with Crippen molar-refractivity contribution in [3.63, 3.8) is 0 Å². The molecule has 0 radical (unpaired) electrons. The van der Waals surface area contributed by atoms with Crippen molar-refractivity contribution in [3.8, 4) is 0 Å². The molecule has 4 atom stereocenters. The Kier molecular flexibility index (Phi) is 4.41. The number of hydrogen-bond acceptors (Lipinski definition) is 3. The van der Waals surface area contributed by atoms with Gasteiger partial charge in [0.05, 0.1) is 12.2 Å². The van der Waals surface area contributed by atoms with Gasteiger partial charge in [0.25, 0.3) is 0 Å². The molecule has 1 aromatic rings. The van der Waals surface area contributed by atoms with Gasteiger partial charge in [0.1, 0.15) is 5.82 Å². The highest BCUT2D eigenvalue weighted by Crippen LogP contribution is 2.60. The fourth-order valence-corrected chi connectivity index (χ4v) is 5.09. The van der Waals surface area contributed by atoms with Crippen LogP contribution in [0.5, 0.6) is 0 Å². The molecule has 1 saturated heterocycles. The molecule has 0 bridgehead atoms. The summed E-state index contributed by atoms with van der Waals surface area (Å²) in [6, 6.07) is 5.58. The van der Waals surface area contributed by atoms with Crippen LogP contribution in [0.2, 0.25) is 0 Å². The molecule has 4 unspecified atom stereocenters. The van der Waals surface area contributed by atoms with E-state index in [-0.39, 0.29) is 29.8 Å². The van der Waals surface area contributed by atoms with Crippen LogP contribution < -0.4 is 10.6 Å². The summed E-state index contributed by atoms with van der Waals surface area (Å²) in [5, 5.41) is 16.0. The molecule has 136 valence electrons. The number of nitrogens with one attached hydrogen (secondary N) is 2. The van der Waals surface area contributed by atoms with Crippen molar-refractivity contribution in [1.29, 1.82) is 0 Å². The fraction of sp³-hybridized carbons (Fsp3) is 0.632. The summed E-state index contributed by atoms with van der Waals surface area (Å²) in [6.07, 6.45) is 5.12. The molecular weight excluding hydrogens is 323 g/mol. The van der Waals surface area contributed by atoms with E-state index in [0.717, 1.165) is 25.9 Å². The van der Waals surface area contributed by atoms with Crippen LogP contribution in [0.4, 0.5) is 9.18 Å². The van der Waals surface area contributed by atoms with E-state index in [1.54, 1.807) is 0 Å². The molecule has 3 fully saturated rings. The maximum Gasteiger partial charge on any atom is 0.315 e. The highest BCUT2D eigenvalue weighted by Gasteiger charge is 2.65. The Morgan fingerprint density at radius 1 is 1.32 bits per heavy atom. The van der Waals surface area contributed by atoms with E-state index in [1.807, 2.05) is 0 Å². The molecule has 0 aromatic heterocycles. The van der Waals surface area contributed by atoms with Crippen LogP contribution in [0, 0.1) is 17.2 Å². The number of benzene rings is 1. The molecule has 1 aromatic carbocycles. The summed E-state index contributed by atoms with van der Waals surface area (Å²) in [6.45, 7) is 0.891. The zero-order valence-corrected chi connectivity index (χ0v) is 14.2. The number of carbonyl (C=O) groups excluding carboxylic acids is 1. The van der Waals surface area contributed by atoms with Gasteiger partial charge >= 0.3 is 6.03 Å². The fourth-order valence-electron chi connectivity index (χ4n) is 5.09. The van der Waals surface area contributed by atoms with Crippen LogP contribution >= 0.6 is 0 Å². The van der Waals surface area contributed by atoms with Gasteiger partial charge < -0.3 is 20.5 Å². The minimum Gasteiger partial charge on any atom is -0.387 e. The Hall–Kier alpha value is -1.66. The first kappa shape index (κ1) is 16.8. The van der Waals surface area contributed by atoms with E-state index < -0.39 is 6.10 Å². The predicted octanol–water partition coefficient (Wildman–Crippen LogP) is 2.51. The number of aliphatic hydroxyl groups is 1. The molecule has 25 heavy (non-hydrogen) atoms. The third kappa shape index (κ3) is 2.91. The maximum atomic E-state index is 12.9. The Morgan fingerprint density at radius 3 is 2.76 bits per heavy atom. The smallest absolute Gasteiger partial charge is 0.315 e. The zero-order valence-electron chi connectivity index (χ0n) is 14.2. The standard InChI is InChI=1S/C19H25FN2O3/c20-13-5-3-12(4-6-13)15(23)11-21-18(24)22-16-14-7-10-25-17(14)19(16)8-1-2-9-19/h3-6,14-17,23H,1-2,7-11H2,(H2,21,22,24). The van der Waals surface area contributed by atoms with Gasteiger partial charge in [-0.05, 0) is 37.0 Å². The van der Waals surface area contributed by atoms with E-state index in [0.29, 0.717) is 17.6 Å². The van der Waals surface area contributed by atoms with Crippen molar-refractivity contribution in [1.82, 2.24) is 10.6 Å². The molecular formula is C19H25FN2O3. The zero-order chi connectivity index (χ0) is 17.4. The summed E-state index contributed by atoms with van der Waals surface area (Å²) >= 11 is 0. The van der Waals surface area contributed by atoms with Crippen molar-refractivity contribution in [2.75, 3.05) is 13.2 Å². The number of carbonyl (C=O) groups is 1. The van der Waals surface area contributed by atoms with Crippen LogP contribution in [-0.2, 0) is 4.74 Å². The van der Waals surface area contributed by atoms with Crippen LogP contribution in [0.15, 0.2) is 24.3 Å². The van der Waals surface area contributed by atoms with E-state index in [2.05, 4.69) is 10.6 Å². The Labute approximate surface area is 146 Å². The molecule has 1 spiro atoms. The number of rotatable bonds is 4. The van der Waals surface area contributed by atoms with Gasteiger partial charge in [-0.15, -0.1) is 0 Å². The van der Waals surface area contributed by atoms with Gasteiger partial charge in [0, 0.05) is 30.5 Å². The Morgan fingerprint density at radius 2 is 2.04 bits per heavy atom. The van der Waals surface area contributed by atoms with E-state index in [9.17, 15) is 14.3 Å². The summed E-state index contributed by atoms with van der Waals surface area (Å²) in [5.74, 6) is 0.0766. The molecule has 3 N–H and O–H groups in total. The topological polar surface area (TPSA) is 70.6 Å². The predicted molar refractivity (Wildman–Crippen MR) is 90.4 cm³/mol. The molecule has 1 aliphatic heterocycles. The molecule has 2 saturated carbocycles. The lowest BCUT2D eigenvalue weighted by atomic mass is 9.54. The van der Waals surface area contributed by atoms with E-state index in [1.165, 1.54) is 37.1 Å². The van der Waals surface area contributed by atoms with Crippen molar-refractivity contribution in [2.45, 2.75) is 50.4 Å². The average molecular weight is 348 g/mol. The van der Waals surface area contributed by atoms with Crippen molar-refractivity contribution >= 4 is 6.03 Å². The lowest BCUT2D eigenvalue weighted by Gasteiger charge is -2.56. The third-order valence-corrected chi connectivity index (χ3v) is 6.28. The van der Waals surface area contributed by atoms with Gasteiger partial charge in [-0.1, -0.05) is 25.0 Å². The number of fused-ring (bicyclic) bond motifs is 2. The number of ether oxygens (including phenoxy) is 1.